The molecule has 29 heavy (non-hydrogen) atoms. The molecule has 6 nitrogen and oxygen atoms in total. The zero-order chi connectivity index (χ0) is 19.2. The molecule has 0 unspecified atom stereocenters. The summed E-state index contributed by atoms with van der Waals surface area (Å²) in [6.07, 6.45) is 8.77. The Bertz CT molecular complexity index is 1450. The third kappa shape index (κ3) is 2.54. The van der Waals surface area contributed by atoms with E-state index in [1.54, 1.807) is 31.1 Å². The van der Waals surface area contributed by atoms with Gasteiger partial charge in [0.2, 0.25) is 0 Å². The van der Waals surface area contributed by atoms with Crippen LogP contribution in [0, 0.1) is 0 Å². The van der Waals surface area contributed by atoms with Crippen molar-refractivity contribution in [1.29, 1.82) is 0 Å². The summed E-state index contributed by atoms with van der Waals surface area (Å²) in [4.78, 5) is 12.1. The summed E-state index contributed by atoms with van der Waals surface area (Å²) < 4.78 is 5.24. The highest BCUT2D eigenvalue weighted by molar-refractivity contribution is 6.00. The molecule has 0 aliphatic heterocycles. The number of aromatic amines is 2. The quantitative estimate of drug-likeness (QED) is 0.431. The lowest BCUT2D eigenvalue weighted by Gasteiger charge is -2.01. The zero-order valence-electron chi connectivity index (χ0n) is 15.3. The van der Waals surface area contributed by atoms with E-state index in [1.807, 2.05) is 24.3 Å². The number of hydrogen-bond acceptors (Lipinski definition) is 4. The number of rotatable bonds is 3. The summed E-state index contributed by atoms with van der Waals surface area (Å²) in [5, 5.41) is 9.81. The first-order chi connectivity index (χ1) is 14.4. The highest BCUT2D eigenvalue weighted by Crippen LogP contribution is 2.34. The maximum atomic E-state index is 5.24. The van der Waals surface area contributed by atoms with Gasteiger partial charge in [-0.1, -0.05) is 6.07 Å². The molecule has 0 atom stereocenters. The van der Waals surface area contributed by atoms with Crippen molar-refractivity contribution in [2.45, 2.75) is 0 Å². The number of fused-ring (bicyclic) bond motifs is 2. The number of furan rings is 1. The number of benzene rings is 1. The maximum Gasteiger partial charge on any atom is 0.116 e. The molecular formula is C23H15N5O. The summed E-state index contributed by atoms with van der Waals surface area (Å²) in [5.41, 5.74) is 7.90. The topological polar surface area (TPSA) is 83.4 Å². The number of hydrogen-bond donors (Lipinski definition) is 2. The molecule has 0 spiro atoms. The van der Waals surface area contributed by atoms with Gasteiger partial charge in [-0.05, 0) is 53.6 Å². The molecule has 6 aromatic rings. The number of H-pyrrole nitrogens is 2. The largest absolute Gasteiger partial charge is 0.472 e. The first-order valence-corrected chi connectivity index (χ1v) is 9.26. The van der Waals surface area contributed by atoms with Crippen molar-refractivity contribution in [1.82, 2.24) is 25.1 Å². The molecule has 0 aliphatic carbocycles. The lowest BCUT2D eigenvalue weighted by Crippen LogP contribution is -1.81. The highest BCUT2D eigenvalue weighted by atomic mass is 16.3. The van der Waals surface area contributed by atoms with Gasteiger partial charge in [0.25, 0.3) is 0 Å². The van der Waals surface area contributed by atoms with Crippen LogP contribution < -0.4 is 0 Å². The molecule has 5 aromatic heterocycles. The van der Waals surface area contributed by atoms with Crippen molar-refractivity contribution in [3.8, 4) is 33.8 Å². The van der Waals surface area contributed by atoms with E-state index in [-0.39, 0.29) is 0 Å². The molecule has 6 rings (SSSR count). The fourth-order valence-electron chi connectivity index (χ4n) is 3.75. The van der Waals surface area contributed by atoms with Gasteiger partial charge in [0, 0.05) is 40.4 Å². The SMILES string of the molecule is c1cc(-c2ccc3[nH]nc(-c4cc5c(-c6ccoc6)nccc5[nH]4)c3c2)ccn1. The van der Waals surface area contributed by atoms with E-state index in [1.165, 1.54) is 0 Å². The Morgan fingerprint density at radius 2 is 1.62 bits per heavy atom. The summed E-state index contributed by atoms with van der Waals surface area (Å²) in [6.45, 7) is 0. The molecule has 0 aliphatic rings. The second-order valence-electron chi connectivity index (χ2n) is 6.88. The zero-order valence-corrected chi connectivity index (χ0v) is 15.3. The molecule has 1 aromatic carbocycles. The van der Waals surface area contributed by atoms with Gasteiger partial charge < -0.3 is 9.40 Å². The Kier molecular flexibility index (Phi) is 3.37. The molecule has 0 radical (unpaired) electrons. The lowest BCUT2D eigenvalue weighted by atomic mass is 10.0. The average Bonchev–Trinajstić information content (AvgIpc) is 3.52. The van der Waals surface area contributed by atoms with Gasteiger partial charge in [-0.3, -0.25) is 15.1 Å². The van der Waals surface area contributed by atoms with E-state index in [0.717, 1.165) is 55.6 Å². The van der Waals surface area contributed by atoms with Crippen LogP contribution in [0.1, 0.15) is 0 Å². The molecule has 2 N–H and O–H groups in total. The third-order valence-electron chi connectivity index (χ3n) is 5.17. The van der Waals surface area contributed by atoms with Gasteiger partial charge in [-0.2, -0.15) is 5.10 Å². The minimum atomic E-state index is 0.880. The van der Waals surface area contributed by atoms with Crippen LogP contribution in [0.15, 0.2) is 84.1 Å². The number of nitrogens with one attached hydrogen (secondary N) is 2. The summed E-state index contributed by atoms with van der Waals surface area (Å²) in [7, 11) is 0. The second-order valence-corrected chi connectivity index (χ2v) is 6.88. The second kappa shape index (κ2) is 6.17. The number of nitrogens with zero attached hydrogens (tertiary/aromatic N) is 3. The molecule has 138 valence electrons. The van der Waals surface area contributed by atoms with E-state index in [4.69, 9.17) is 4.42 Å². The fourth-order valence-corrected chi connectivity index (χ4v) is 3.75. The lowest BCUT2D eigenvalue weighted by molar-refractivity contribution is 0.568. The molecule has 0 bridgehead atoms. The van der Waals surface area contributed by atoms with Crippen molar-refractivity contribution in [3.63, 3.8) is 0 Å². The van der Waals surface area contributed by atoms with Gasteiger partial charge in [0.15, 0.2) is 0 Å². The number of aromatic nitrogens is 5. The molecule has 6 heteroatoms. The van der Waals surface area contributed by atoms with E-state index in [2.05, 4.69) is 49.4 Å². The Morgan fingerprint density at radius 1 is 0.724 bits per heavy atom. The highest BCUT2D eigenvalue weighted by Gasteiger charge is 2.15. The van der Waals surface area contributed by atoms with Crippen LogP contribution >= 0.6 is 0 Å². The maximum absolute atomic E-state index is 5.24. The average molecular weight is 377 g/mol. The predicted octanol–water partition coefficient (Wildman–Crippen LogP) is 5.43. The van der Waals surface area contributed by atoms with Crippen LogP contribution in [0.2, 0.25) is 0 Å². The Balaban J connectivity index is 1.53. The van der Waals surface area contributed by atoms with Crippen molar-refractivity contribution in [2.75, 3.05) is 0 Å². The van der Waals surface area contributed by atoms with Crippen LogP contribution in [0.25, 0.3) is 55.6 Å². The summed E-state index contributed by atoms with van der Waals surface area (Å²) in [5.74, 6) is 0. The van der Waals surface area contributed by atoms with Crippen LogP contribution in [0.3, 0.4) is 0 Å². The normalized spacial score (nSPS) is 11.4. The molecular weight excluding hydrogens is 362 g/mol. The van der Waals surface area contributed by atoms with E-state index in [9.17, 15) is 0 Å². The van der Waals surface area contributed by atoms with E-state index < -0.39 is 0 Å². The number of pyridine rings is 2. The molecule has 0 fully saturated rings. The molecule has 0 saturated heterocycles. The van der Waals surface area contributed by atoms with Crippen LogP contribution in [-0.4, -0.2) is 25.1 Å². The minimum Gasteiger partial charge on any atom is -0.472 e. The fraction of sp³-hybridized carbons (Fsp3) is 0. The first kappa shape index (κ1) is 15.8. The van der Waals surface area contributed by atoms with Crippen molar-refractivity contribution < 1.29 is 4.42 Å². The van der Waals surface area contributed by atoms with E-state index >= 15 is 0 Å². The molecule has 0 amide bonds. The van der Waals surface area contributed by atoms with Crippen molar-refractivity contribution in [2.24, 2.45) is 0 Å². The van der Waals surface area contributed by atoms with Gasteiger partial charge in [-0.25, -0.2) is 0 Å². The summed E-state index contributed by atoms with van der Waals surface area (Å²) >= 11 is 0. The Hall–Kier alpha value is -4.19. The Morgan fingerprint density at radius 3 is 2.48 bits per heavy atom. The van der Waals surface area contributed by atoms with Crippen LogP contribution in [0.4, 0.5) is 0 Å². The van der Waals surface area contributed by atoms with Crippen LogP contribution in [-0.2, 0) is 0 Å². The summed E-state index contributed by atoms with van der Waals surface area (Å²) in [6, 6.07) is 16.3. The smallest absolute Gasteiger partial charge is 0.116 e. The van der Waals surface area contributed by atoms with Crippen LogP contribution in [0.5, 0.6) is 0 Å². The van der Waals surface area contributed by atoms with Gasteiger partial charge in [0.1, 0.15) is 5.69 Å². The third-order valence-corrected chi connectivity index (χ3v) is 5.17. The van der Waals surface area contributed by atoms with E-state index in [0.29, 0.717) is 0 Å². The first-order valence-electron chi connectivity index (χ1n) is 9.26. The Labute approximate surface area is 165 Å². The van der Waals surface area contributed by atoms with Gasteiger partial charge in [-0.15, -0.1) is 0 Å². The predicted molar refractivity (Wildman–Crippen MR) is 112 cm³/mol. The standard InChI is InChI=1S/C23H15N5O/c1-2-20-17(11-15(1)14-3-7-24-8-4-14)23(28-27-20)21-12-18-19(26-21)5-9-25-22(18)16-6-10-29-13-16/h1-13,26H,(H,27,28). The van der Waals surface area contributed by atoms with Gasteiger partial charge >= 0.3 is 0 Å². The van der Waals surface area contributed by atoms with Crippen molar-refractivity contribution >= 4 is 21.8 Å². The molecule has 0 saturated carbocycles. The molecule has 5 heterocycles. The van der Waals surface area contributed by atoms with Crippen molar-refractivity contribution in [3.05, 3.63) is 79.6 Å². The van der Waals surface area contributed by atoms with Gasteiger partial charge in [0.05, 0.1) is 29.4 Å². The minimum absolute atomic E-state index is 0.880. The monoisotopic (exact) mass is 377 g/mol.